The van der Waals surface area contributed by atoms with Crippen LogP contribution in [0, 0.1) is 0 Å². The largest absolute Gasteiger partial charge is 0.462 e. The lowest BCUT2D eigenvalue weighted by Gasteiger charge is -2.18. The number of rotatable bonds is 44. The van der Waals surface area contributed by atoms with E-state index in [-0.39, 0.29) is 44.0 Å². The Hall–Kier alpha value is -2.37. The lowest BCUT2D eigenvalue weighted by molar-refractivity contribution is -0.166. The number of esters is 3. The maximum atomic E-state index is 12.7. The highest BCUT2D eigenvalue weighted by Gasteiger charge is 2.19. The van der Waals surface area contributed by atoms with Gasteiger partial charge in [0, 0.05) is 19.3 Å². The van der Waals surface area contributed by atoms with Gasteiger partial charge in [0.1, 0.15) is 13.2 Å². The molecule has 0 heterocycles. The first-order chi connectivity index (χ1) is 28.0. The zero-order chi connectivity index (χ0) is 41.5. The van der Waals surface area contributed by atoms with Gasteiger partial charge in [-0.1, -0.05) is 218 Å². The van der Waals surface area contributed by atoms with Gasteiger partial charge in [-0.25, -0.2) is 0 Å². The van der Waals surface area contributed by atoms with Crippen molar-refractivity contribution < 1.29 is 28.6 Å². The summed E-state index contributed by atoms with van der Waals surface area (Å²) in [5.41, 5.74) is 0. The molecule has 6 nitrogen and oxygen atoms in total. The molecular weight excluding hydrogens is 709 g/mol. The number of hydrogen-bond acceptors (Lipinski definition) is 6. The monoisotopic (exact) mass is 801 g/mol. The van der Waals surface area contributed by atoms with Gasteiger partial charge in [0.15, 0.2) is 6.10 Å². The highest BCUT2D eigenvalue weighted by atomic mass is 16.6. The van der Waals surface area contributed by atoms with Crippen LogP contribution in [0.1, 0.15) is 252 Å². The first-order valence-electron chi connectivity index (χ1n) is 24.5. The quantitative estimate of drug-likeness (QED) is 0.0264. The summed E-state index contributed by atoms with van der Waals surface area (Å²) in [6, 6.07) is 0. The van der Waals surface area contributed by atoms with Crippen LogP contribution < -0.4 is 0 Å². The van der Waals surface area contributed by atoms with Crippen LogP contribution in [0.4, 0.5) is 0 Å². The van der Waals surface area contributed by atoms with E-state index in [0.717, 1.165) is 38.5 Å². The number of hydrogen-bond donors (Lipinski definition) is 0. The number of unbranched alkanes of at least 4 members (excludes halogenated alkanes) is 27. The van der Waals surface area contributed by atoms with Crippen molar-refractivity contribution in [2.45, 2.75) is 258 Å². The minimum absolute atomic E-state index is 0.102. The predicted octanol–water partition coefficient (Wildman–Crippen LogP) is 15.8. The van der Waals surface area contributed by atoms with Crippen LogP contribution in [0.5, 0.6) is 0 Å². The molecule has 1 unspecified atom stereocenters. The molecule has 0 aromatic heterocycles. The van der Waals surface area contributed by atoms with E-state index >= 15 is 0 Å². The second-order valence-corrected chi connectivity index (χ2v) is 16.4. The molecule has 0 aromatic carbocycles. The van der Waals surface area contributed by atoms with Crippen LogP contribution in [0.15, 0.2) is 36.5 Å². The lowest BCUT2D eigenvalue weighted by Crippen LogP contribution is -2.30. The van der Waals surface area contributed by atoms with Gasteiger partial charge in [0.05, 0.1) is 0 Å². The normalized spacial score (nSPS) is 12.3. The smallest absolute Gasteiger partial charge is 0.306 e. The van der Waals surface area contributed by atoms with Crippen LogP contribution >= 0.6 is 0 Å². The molecule has 1 atom stereocenters. The molecule has 0 aliphatic heterocycles. The van der Waals surface area contributed by atoms with Crippen molar-refractivity contribution in [1.82, 2.24) is 0 Å². The van der Waals surface area contributed by atoms with Crippen molar-refractivity contribution in [3.63, 3.8) is 0 Å². The summed E-state index contributed by atoms with van der Waals surface area (Å²) in [6.45, 7) is 6.55. The van der Waals surface area contributed by atoms with E-state index in [2.05, 4.69) is 51.2 Å². The zero-order valence-corrected chi connectivity index (χ0v) is 37.9. The summed E-state index contributed by atoms with van der Waals surface area (Å²) in [5, 5.41) is 0. The van der Waals surface area contributed by atoms with E-state index in [0.29, 0.717) is 19.3 Å². The van der Waals surface area contributed by atoms with Gasteiger partial charge in [-0.15, -0.1) is 0 Å². The number of carbonyl (C=O) groups is 3. The SMILES string of the molecule is CCCCCCCCCCC=CCC=CCCC(=O)OCC(COC(=O)CCCCCCCCCCCCC)OC(=O)CCC=CCCCCCCCCCCC. The summed E-state index contributed by atoms with van der Waals surface area (Å²) in [5.74, 6) is -1.02. The number of allylic oxidation sites excluding steroid dienone is 6. The summed E-state index contributed by atoms with van der Waals surface area (Å²) in [7, 11) is 0. The zero-order valence-electron chi connectivity index (χ0n) is 37.9. The minimum Gasteiger partial charge on any atom is -0.462 e. The molecule has 0 aliphatic carbocycles. The van der Waals surface area contributed by atoms with Crippen molar-refractivity contribution in [2.24, 2.45) is 0 Å². The molecule has 0 fully saturated rings. The van der Waals surface area contributed by atoms with E-state index in [1.54, 1.807) is 0 Å². The molecule has 0 rings (SSSR count). The molecule has 0 spiro atoms. The minimum atomic E-state index is -0.810. The Bertz CT molecular complexity index is 969. The molecule has 0 aromatic rings. The fraction of sp³-hybridized carbons (Fsp3) is 0.824. The first-order valence-corrected chi connectivity index (χ1v) is 24.5. The average molecular weight is 801 g/mol. The van der Waals surface area contributed by atoms with Crippen molar-refractivity contribution >= 4 is 17.9 Å². The van der Waals surface area contributed by atoms with E-state index in [9.17, 15) is 14.4 Å². The molecule has 0 saturated heterocycles. The molecule has 0 radical (unpaired) electrons. The van der Waals surface area contributed by atoms with Gasteiger partial charge < -0.3 is 14.2 Å². The van der Waals surface area contributed by atoms with Crippen LogP contribution in [-0.2, 0) is 28.6 Å². The third-order valence-corrected chi connectivity index (χ3v) is 10.6. The first kappa shape index (κ1) is 54.6. The van der Waals surface area contributed by atoms with Gasteiger partial charge in [-0.3, -0.25) is 14.4 Å². The van der Waals surface area contributed by atoms with E-state index in [1.165, 1.54) is 161 Å². The van der Waals surface area contributed by atoms with Gasteiger partial charge in [-0.2, -0.15) is 0 Å². The molecule has 0 aliphatic rings. The van der Waals surface area contributed by atoms with E-state index in [1.807, 2.05) is 6.08 Å². The van der Waals surface area contributed by atoms with Crippen LogP contribution in [0.2, 0.25) is 0 Å². The Kier molecular flexibility index (Phi) is 44.4. The van der Waals surface area contributed by atoms with Crippen LogP contribution in [-0.4, -0.2) is 37.2 Å². The summed E-state index contributed by atoms with van der Waals surface area (Å²) in [6.07, 6.45) is 52.9. The Morgan fingerprint density at radius 3 is 1.11 bits per heavy atom. The highest BCUT2D eigenvalue weighted by Crippen LogP contribution is 2.14. The van der Waals surface area contributed by atoms with E-state index < -0.39 is 6.10 Å². The molecule has 57 heavy (non-hydrogen) atoms. The maximum absolute atomic E-state index is 12.7. The van der Waals surface area contributed by atoms with Gasteiger partial charge >= 0.3 is 17.9 Å². The molecule has 6 heteroatoms. The maximum Gasteiger partial charge on any atom is 0.306 e. The fourth-order valence-corrected chi connectivity index (χ4v) is 6.92. The average Bonchev–Trinajstić information content (AvgIpc) is 3.21. The van der Waals surface area contributed by atoms with Gasteiger partial charge in [0.2, 0.25) is 0 Å². The number of ether oxygens (including phenoxy) is 3. The Labute approximate surface area is 353 Å². The Balaban J connectivity index is 4.46. The van der Waals surface area contributed by atoms with E-state index in [4.69, 9.17) is 14.2 Å². The second-order valence-electron chi connectivity index (χ2n) is 16.4. The molecular formula is C51H92O6. The molecule has 332 valence electrons. The lowest BCUT2D eigenvalue weighted by atomic mass is 10.1. The summed E-state index contributed by atoms with van der Waals surface area (Å²) < 4.78 is 16.6. The van der Waals surface area contributed by atoms with Crippen LogP contribution in [0.25, 0.3) is 0 Å². The Morgan fingerprint density at radius 2 is 0.667 bits per heavy atom. The third-order valence-electron chi connectivity index (χ3n) is 10.6. The number of carbonyl (C=O) groups excluding carboxylic acids is 3. The van der Waals surface area contributed by atoms with Crippen LogP contribution in [0.3, 0.4) is 0 Å². The fourth-order valence-electron chi connectivity index (χ4n) is 6.92. The summed E-state index contributed by atoms with van der Waals surface area (Å²) >= 11 is 0. The third kappa shape index (κ3) is 44.6. The predicted molar refractivity (Wildman–Crippen MR) is 242 cm³/mol. The standard InChI is InChI=1S/C51H92O6/c1-4-7-10-13-16-19-22-24-25-27-29-32-35-38-41-44-50(53)56-47-48(46-55-49(52)43-40-37-34-31-28-21-18-15-12-9-6-3)57-51(54)45-42-39-36-33-30-26-23-20-17-14-11-8-5-2/h27,29,35-36,38-39,48H,4-26,28,30-34,37,40-47H2,1-3H3. The van der Waals surface area contributed by atoms with Crippen molar-refractivity contribution in [2.75, 3.05) is 13.2 Å². The molecule has 0 amide bonds. The second kappa shape index (κ2) is 46.3. The van der Waals surface area contributed by atoms with Crippen molar-refractivity contribution in [1.29, 1.82) is 0 Å². The topological polar surface area (TPSA) is 78.9 Å². The highest BCUT2D eigenvalue weighted by molar-refractivity contribution is 5.71. The Morgan fingerprint density at radius 1 is 0.351 bits per heavy atom. The molecule has 0 saturated carbocycles. The van der Waals surface area contributed by atoms with Gasteiger partial charge in [0.25, 0.3) is 0 Å². The van der Waals surface area contributed by atoms with Gasteiger partial charge in [-0.05, 0) is 51.4 Å². The van der Waals surface area contributed by atoms with Crippen molar-refractivity contribution in [3.8, 4) is 0 Å². The summed E-state index contributed by atoms with van der Waals surface area (Å²) in [4.78, 5) is 37.7. The van der Waals surface area contributed by atoms with Crippen molar-refractivity contribution in [3.05, 3.63) is 36.5 Å². The molecule has 0 bridgehead atoms. The molecule has 0 N–H and O–H groups in total.